The maximum absolute atomic E-state index is 13.4. The molecule has 4 heterocycles. The van der Waals surface area contributed by atoms with Crippen LogP contribution in [0.15, 0.2) is 84.0 Å². The van der Waals surface area contributed by atoms with Crippen molar-refractivity contribution in [1.29, 1.82) is 0 Å². The van der Waals surface area contributed by atoms with Crippen molar-refractivity contribution >= 4 is 28.4 Å². The van der Waals surface area contributed by atoms with E-state index in [9.17, 15) is 9.59 Å². The number of amides is 1. The maximum Gasteiger partial charge on any atom is 0.278 e. The van der Waals surface area contributed by atoms with E-state index in [1.165, 1.54) is 10.5 Å². The van der Waals surface area contributed by atoms with Gasteiger partial charge in [0.25, 0.3) is 17.1 Å². The SMILES string of the molecule is Cc1cccn2c(=O)c3cc(C(=O)NCc4cccnc4)c(N)[n+](Cc4ccccc4)c3nc12. The Kier molecular flexibility index (Phi) is 5.47. The number of aromatic nitrogens is 4. The Labute approximate surface area is 195 Å². The molecule has 1 amide bonds. The minimum absolute atomic E-state index is 0.221. The minimum Gasteiger partial charge on any atom is -0.348 e. The van der Waals surface area contributed by atoms with E-state index in [0.717, 1.165) is 16.7 Å². The zero-order valence-electron chi connectivity index (χ0n) is 18.6. The summed E-state index contributed by atoms with van der Waals surface area (Å²) in [5.41, 5.74) is 10.2. The monoisotopic (exact) mass is 451 g/mol. The molecule has 0 bridgehead atoms. The molecular weight excluding hydrogens is 428 g/mol. The maximum atomic E-state index is 13.4. The molecule has 8 heteroatoms. The van der Waals surface area contributed by atoms with Crippen LogP contribution in [0.3, 0.4) is 0 Å². The predicted molar refractivity (Wildman–Crippen MR) is 129 cm³/mol. The van der Waals surface area contributed by atoms with Crippen molar-refractivity contribution in [2.75, 3.05) is 5.73 Å². The van der Waals surface area contributed by atoms with Gasteiger partial charge >= 0.3 is 0 Å². The molecule has 4 aromatic heterocycles. The smallest absolute Gasteiger partial charge is 0.278 e. The molecule has 5 rings (SSSR count). The molecule has 34 heavy (non-hydrogen) atoms. The molecule has 3 N–H and O–H groups in total. The number of hydrogen-bond donors (Lipinski definition) is 2. The number of nitrogens with two attached hydrogens (primary N) is 1. The summed E-state index contributed by atoms with van der Waals surface area (Å²) in [6, 6.07) is 18.6. The van der Waals surface area contributed by atoms with Gasteiger partial charge in [-0.3, -0.25) is 19.0 Å². The normalized spacial score (nSPS) is 11.1. The second-order valence-electron chi connectivity index (χ2n) is 8.10. The van der Waals surface area contributed by atoms with Crippen molar-refractivity contribution in [3.63, 3.8) is 0 Å². The molecule has 0 atom stereocenters. The predicted octanol–water partition coefficient (Wildman–Crippen LogP) is 2.40. The van der Waals surface area contributed by atoms with Crippen LogP contribution in [0.25, 0.3) is 16.7 Å². The first-order chi connectivity index (χ1) is 16.5. The number of anilines is 1. The van der Waals surface area contributed by atoms with Crippen molar-refractivity contribution < 1.29 is 9.36 Å². The first-order valence-corrected chi connectivity index (χ1v) is 10.9. The van der Waals surface area contributed by atoms with Gasteiger partial charge in [-0.05, 0) is 36.2 Å². The average molecular weight is 452 g/mol. The topological polar surface area (TPSA) is 106 Å². The Bertz CT molecular complexity index is 1580. The number of carbonyl (C=O) groups excluding carboxylic acids is 1. The number of carbonyl (C=O) groups is 1. The van der Waals surface area contributed by atoms with E-state index < -0.39 is 0 Å². The van der Waals surface area contributed by atoms with Crippen molar-refractivity contribution in [2.24, 2.45) is 0 Å². The highest BCUT2D eigenvalue weighted by molar-refractivity contribution is 6.00. The molecule has 8 nitrogen and oxygen atoms in total. The van der Waals surface area contributed by atoms with Gasteiger partial charge in [0.05, 0.1) is 6.54 Å². The minimum atomic E-state index is -0.376. The van der Waals surface area contributed by atoms with E-state index in [-0.39, 0.29) is 29.4 Å². The van der Waals surface area contributed by atoms with Crippen LogP contribution in [0.5, 0.6) is 0 Å². The van der Waals surface area contributed by atoms with Gasteiger partial charge in [-0.25, -0.2) is 4.57 Å². The summed E-state index contributed by atoms with van der Waals surface area (Å²) in [5, 5.41) is 3.20. The molecule has 0 saturated heterocycles. The second-order valence-corrected chi connectivity index (χ2v) is 8.10. The Morgan fingerprint density at radius 1 is 1.09 bits per heavy atom. The van der Waals surface area contributed by atoms with Crippen molar-refractivity contribution in [3.05, 3.63) is 112 Å². The molecule has 0 aliphatic rings. The van der Waals surface area contributed by atoms with Crippen LogP contribution in [0.2, 0.25) is 0 Å². The fraction of sp³-hybridized carbons (Fsp3) is 0.115. The van der Waals surface area contributed by atoms with Crippen molar-refractivity contribution in [1.82, 2.24) is 19.7 Å². The number of benzene rings is 1. The average Bonchev–Trinajstić information content (AvgIpc) is 2.86. The highest BCUT2D eigenvalue weighted by Gasteiger charge is 2.25. The first kappa shape index (κ1) is 21.3. The van der Waals surface area contributed by atoms with Crippen LogP contribution in [-0.2, 0) is 13.1 Å². The lowest BCUT2D eigenvalue weighted by molar-refractivity contribution is -0.649. The fourth-order valence-corrected chi connectivity index (χ4v) is 4.00. The lowest BCUT2D eigenvalue weighted by Gasteiger charge is -2.13. The summed E-state index contributed by atoms with van der Waals surface area (Å²) in [4.78, 5) is 35.5. The Hall–Kier alpha value is -4.59. The number of fused-ring (bicyclic) bond motifs is 2. The highest BCUT2D eigenvalue weighted by Crippen LogP contribution is 2.17. The standard InChI is InChI=1S/C26H22N6O2/c1-17-7-6-12-31-23(17)30-24-21(26(31)34)13-20(25(33)29-15-19-10-5-11-28-14-19)22(27)32(24)16-18-8-3-2-4-9-18/h2-14,27H,15-16H2,1H3,(H,29,33)/p+1. The summed E-state index contributed by atoms with van der Waals surface area (Å²) in [5.74, 6) is -0.135. The highest BCUT2D eigenvalue weighted by atomic mass is 16.1. The second kappa shape index (κ2) is 8.74. The first-order valence-electron chi connectivity index (χ1n) is 10.9. The zero-order chi connectivity index (χ0) is 23.7. The van der Waals surface area contributed by atoms with Gasteiger partial charge in [0, 0.05) is 30.7 Å². The van der Waals surface area contributed by atoms with Gasteiger partial charge < -0.3 is 11.1 Å². The molecule has 0 unspecified atom stereocenters. The summed E-state index contributed by atoms with van der Waals surface area (Å²) in [6.07, 6.45) is 5.03. The Morgan fingerprint density at radius 3 is 2.65 bits per heavy atom. The van der Waals surface area contributed by atoms with E-state index in [1.54, 1.807) is 35.3 Å². The number of hydrogen-bond acceptors (Lipinski definition) is 5. The molecule has 0 aliphatic carbocycles. The molecule has 0 saturated carbocycles. The molecule has 5 aromatic rings. The van der Waals surface area contributed by atoms with Crippen LogP contribution in [0.1, 0.15) is 27.0 Å². The van der Waals surface area contributed by atoms with Crippen molar-refractivity contribution in [3.8, 4) is 0 Å². The summed E-state index contributed by atoms with van der Waals surface area (Å²) in [7, 11) is 0. The van der Waals surface area contributed by atoms with E-state index in [0.29, 0.717) is 23.2 Å². The number of nitrogen functional groups attached to an aromatic ring is 1. The number of aryl methyl sites for hydroxylation is 1. The fourth-order valence-electron chi connectivity index (χ4n) is 4.00. The number of nitrogens with zero attached hydrogens (tertiary/aromatic N) is 4. The van der Waals surface area contributed by atoms with E-state index in [1.807, 2.05) is 49.4 Å². The molecule has 0 radical (unpaired) electrons. The van der Waals surface area contributed by atoms with E-state index in [4.69, 9.17) is 10.7 Å². The lowest BCUT2D eigenvalue weighted by atomic mass is 10.1. The van der Waals surface area contributed by atoms with Gasteiger partial charge in [0.15, 0.2) is 0 Å². The zero-order valence-corrected chi connectivity index (χ0v) is 18.6. The lowest BCUT2D eigenvalue weighted by Crippen LogP contribution is -2.43. The number of pyridine rings is 3. The third-order valence-corrected chi connectivity index (χ3v) is 5.78. The van der Waals surface area contributed by atoms with E-state index in [2.05, 4.69) is 10.3 Å². The van der Waals surface area contributed by atoms with Gasteiger partial charge in [0.2, 0.25) is 11.5 Å². The van der Waals surface area contributed by atoms with Gasteiger partial charge in [-0.15, -0.1) is 0 Å². The van der Waals surface area contributed by atoms with Crippen LogP contribution >= 0.6 is 0 Å². The van der Waals surface area contributed by atoms with Gasteiger partial charge in [-0.1, -0.05) is 47.4 Å². The molecule has 0 fully saturated rings. The third-order valence-electron chi connectivity index (χ3n) is 5.78. The Balaban J connectivity index is 1.69. The summed E-state index contributed by atoms with van der Waals surface area (Å²) in [6.45, 7) is 2.55. The van der Waals surface area contributed by atoms with Crippen molar-refractivity contribution in [2.45, 2.75) is 20.0 Å². The van der Waals surface area contributed by atoms with Gasteiger partial charge in [-0.2, -0.15) is 0 Å². The molecule has 1 aromatic carbocycles. The molecule has 0 spiro atoms. The van der Waals surface area contributed by atoms with E-state index >= 15 is 0 Å². The van der Waals surface area contributed by atoms with Gasteiger partial charge in [0.1, 0.15) is 10.9 Å². The number of nitrogens with one attached hydrogen (secondary N) is 1. The molecule has 168 valence electrons. The molecular formula is C26H23N6O2+. The molecule has 0 aliphatic heterocycles. The third kappa shape index (κ3) is 3.86. The Morgan fingerprint density at radius 2 is 1.88 bits per heavy atom. The van der Waals surface area contributed by atoms with Crippen LogP contribution in [-0.4, -0.2) is 20.3 Å². The van der Waals surface area contributed by atoms with Crippen LogP contribution < -0.4 is 21.2 Å². The van der Waals surface area contributed by atoms with Crippen LogP contribution in [0.4, 0.5) is 5.82 Å². The largest absolute Gasteiger partial charge is 0.348 e. The van der Waals surface area contributed by atoms with Crippen LogP contribution in [0, 0.1) is 6.92 Å². The summed E-state index contributed by atoms with van der Waals surface area (Å²) >= 11 is 0. The summed E-state index contributed by atoms with van der Waals surface area (Å²) < 4.78 is 3.23. The quantitative estimate of drug-likeness (QED) is 0.315. The number of rotatable bonds is 5.